The molecule has 8 heteroatoms. The molecule has 1 amide bonds. The van der Waals surface area contributed by atoms with E-state index >= 15 is 0 Å². The fourth-order valence-corrected chi connectivity index (χ4v) is 4.96. The van der Waals surface area contributed by atoms with E-state index in [1.165, 1.54) is 16.0 Å². The third-order valence-corrected chi connectivity index (χ3v) is 6.94. The van der Waals surface area contributed by atoms with E-state index in [-0.39, 0.29) is 19.0 Å². The van der Waals surface area contributed by atoms with Gasteiger partial charge in [0.1, 0.15) is 5.82 Å². The van der Waals surface area contributed by atoms with Crippen molar-refractivity contribution in [2.75, 3.05) is 51.6 Å². The van der Waals surface area contributed by atoms with Crippen LogP contribution < -0.4 is 4.90 Å². The molecule has 1 aliphatic rings. The van der Waals surface area contributed by atoms with E-state index in [1.807, 2.05) is 22.7 Å². The number of nitrogens with zero attached hydrogens (tertiary/aromatic N) is 6. The van der Waals surface area contributed by atoms with Gasteiger partial charge >= 0.3 is 0 Å². The number of likely N-dealkylation sites (N-methyl/N-ethyl adjacent to an activating group) is 1. The van der Waals surface area contributed by atoms with E-state index in [1.54, 1.807) is 6.20 Å². The van der Waals surface area contributed by atoms with Gasteiger partial charge in [-0.25, -0.2) is 9.50 Å². The number of nitrogens with one attached hydrogen (secondary N) is 1. The zero-order valence-corrected chi connectivity index (χ0v) is 20.9. The summed E-state index contributed by atoms with van der Waals surface area (Å²) in [5, 5.41) is 4.46. The summed E-state index contributed by atoms with van der Waals surface area (Å²) in [6.07, 6.45) is 3.87. The number of hydrogen-bond donors (Lipinski definition) is 1. The van der Waals surface area contributed by atoms with E-state index < -0.39 is 19.4 Å². The minimum Gasteiger partial charge on any atom is -0.353 e. The number of pyridine rings is 2. The second kappa shape index (κ2) is 9.00. The third-order valence-electron chi connectivity index (χ3n) is 6.94. The predicted octanol–water partition coefficient (Wildman–Crippen LogP) is 3.83. The number of aromatic amines is 1. The number of anilines is 1. The standard InChI is InChI=1S/C27H35N7O/c1-17(2)25-26(20-15-34-22(9-10-28-34)19(4)18(20)3)29-21-7-8-23(30-27(21)25)32-11-13-33(14-12-32)24(35)16-31(5)6/h7-10,15,17,29H,11-14,16H2,1-6H3/i5D3,16D2. The number of aryl methyl sites for hydroxylation is 1. The SMILES string of the molecule is [2H]C([2H])([2H])N(C)C([2H])([2H])C(=O)N1CCN(c2ccc3[nH]c(-c4cn5nccc5c(C)c4C)c(C(C)C)c3n2)CC1. The molecule has 0 atom stereocenters. The number of amides is 1. The topological polar surface area (TPSA) is 72.8 Å². The Kier molecular flexibility index (Phi) is 4.62. The molecule has 0 radical (unpaired) electrons. The van der Waals surface area contributed by atoms with E-state index in [9.17, 15) is 4.79 Å². The first kappa shape index (κ1) is 18.0. The van der Waals surface area contributed by atoms with Crippen molar-refractivity contribution in [3.63, 3.8) is 0 Å². The number of rotatable bonds is 5. The van der Waals surface area contributed by atoms with Crippen LogP contribution in [0, 0.1) is 13.8 Å². The highest BCUT2D eigenvalue weighted by molar-refractivity contribution is 5.90. The molecule has 4 aromatic rings. The lowest BCUT2D eigenvalue weighted by atomic mass is 9.95. The maximum Gasteiger partial charge on any atom is 0.236 e. The first-order valence-electron chi connectivity index (χ1n) is 14.5. The fourth-order valence-electron chi connectivity index (χ4n) is 4.96. The Labute approximate surface area is 213 Å². The van der Waals surface area contributed by atoms with Gasteiger partial charge in [-0.15, -0.1) is 0 Å². The largest absolute Gasteiger partial charge is 0.353 e. The lowest BCUT2D eigenvalue weighted by Crippen LogP contribution is -2.50. The summed E-state index contributed by atoms with van der Waals surface area (Å²) in [4.78, 5) is 25.6. The quantitative estimate of drug-likeness (QED) is 0.472. The maximum atomic E-state index is 12.9. The van der Waals surface area contributed by atoms with Gasteiger partial charge in [0.25, 0.3) is 0 Å². The molecule has 4 aromatic heterocycles. The van der Waals surface area contributed by atoms with Gasteiger partial charge in [0.2, 0.25) is 5.91 Å². The van der Waals surface area contributed by atoms with E-state index in [2.05, 4.69) is 48.9 Å². The van der Waals surface area contributed by atoms with Gasteiger partial charge in [-0.05, 0) is 63.1 Å². The second-order valence-corrected chi connectivity index (χ2v) is 9.54. The highest BCUT2D eigenvalue weighted by Crippen LogP contribution is 2.38. The van der Waals surface area contributed by atoms with Crippen LogP contribution in [0.3, 0.4) is 0 Å². The summed E-state index contributed by atoms with van der Waals surface area (Å²) in [5.74, 6) is 0.142. The Bertz CT molecular complexity index is 1580. The van der Waals surface area contributed by atoms with Crippen LogP contribution in [0.5, 0.6) is 0 Å². The number of hydrogen-bond acceptors (Lipinski definition) is 5. The van der Waals surface area contributed by atoms with Gasteiger partial charge in [0, 0.05) is 53.8 Å². The van der Waals surface area contributed by atoms with Crippen LogP contribution in [0.2, 0.25) is 0 Å². The summed E-state index contributed by atoms with van der Waals surface area (Å²) in [5.41, 5.74) is 8.53. The molecule has 0 aromatic carbocycles. The zero-order valence-electron chi connectivity index (χ0n) is 25.9. The Morgan fingerprint density at radius 1 is 1.20 bits per heavy atom. The summed E-state index contributed by atoms with van der Waals surface area (Å²) < 4.78 is 40.7. The third kappa shape index (κ3) is 4.16. The first-order valence-corrected chi connectivity index (χ1v) is 12.0. The average Bonchev–Trinajstić information content (AvgIpc) is 3.53. The van der Waals surface area contributed by atoms with Gasteiger partial charge in [-0.3, -0.25) is 4.79 Å². The van der Waals surface area contributed by atoms with Crippen molar-refractivity contribution in [1.29, 1.82) is 0 Å². The van der Waals surface area contributed by atoms with Crippen LogP contribution in [0.15, 0.2) is 30.6 Å². The molecule has 8 nitrogen and oxygen atoms in total. The summed E-state index contributed by atoms with van der Waals surface area (Å²) in [6.45, 7) is 4.66. The molecule has 35 heavy (non-hydrogen) atoms. The lowest BCUT2D eigenvalue weighted by molar-refractivity contribution is -0.132. The summed E-state index contributed by atoms with van der Waals surface area (Å²) in [6, 6.07) is 6.01. The van der Waals surface area contributed by atoms with Crippen molar-refractivity contribution in [3.8, 4) is 11.3 Å². The Balaban J connectivity index is 1.43. The Morgan fingerprint density at radius 2 is 1.97 bits per heavy atom. The molecule has 0 saturated carbocycles. The number of carbonyl (C=O) groups is 1. The monoisotopic (exact) mass is 478 g/mol. The molecule has 1 saturated heterocycles. The van der Waals surface area contributed by atoms with Crippen molar-refractivity contribution in [2.45, 2.75) is 33.6 Å². The number of piperazine rings is 1. The zero-order chi connectivity index (χ0) is 29.1. The average molecular weight is 479 g/mol. The van der Waals surface area contributed by atoms with E-state index in [0.29, 0.717) is 18.0 Å². The van der Waals surface area contributed by atoms with Gasteiger partial charge in [-0.2, -0.15) is 5.10 Å². The van der Waals surface area contributed by atoms with Gasteiger partial charge in [0.05, 0.1) is 31.5 Å². The second-order valence-electron chi connectivity index (χ2n) is 9.54. The molecule has 5 rings (SSSR count). The van der Waals surface area contributed by atoms with Crippen molar-refractivity contribution >= 4 is 28.3 Å². The number of H-pyrrole nitrogens is 1. The molecule has 184 valence electrons. The molecule has 0 bridgehead atoms. The van der Waals surface area contributed by atoms with Crippen molar-refractivity contribution < 1.29 is 11.6 Å². The predicted molar refractivity (Wildman–Crippen MR) is 141 cm³/mol. The van der Waals surface area contributed by atoms with Gasteiger partial charge in [0.15, 0.2) is 0 Å². The van der Waals surface area contributed by atoms with E-state index in [4.69, 9.17) is 11.8 Å². The number of aromatic nitrogens is 4. The van der Waals surface area contributed by atoms with Crippen LogP contribution >= 0.6 is 0 Å². The highest BCUT2D eigenvalue weighted by atomic mass is 16.2. The van der Waals surface area contributed by atoms with Crippen LogP contribution in [-0.4, -0.2) is 82.0 Å². The fraction of sp³-hybridized carbons (Fsp3) is 0.444. The van der Waals surface area contributed by atoms with Crippen LogP contribution in [0.4, 0.5) is 5.82 Å². The molecule has 0 spiro atoms. The van der Waals surface area contributed by atoms with Gasteiger partial charge < -0.3 is 19.7 Å². The number of fused-ring (bicyclic) bond motifs is 2. The van der Waals surface area contributed by atoms with Crippen LogP contribution in [0.25, 0.3) is 27.8 Å². The molecule has 1 N–H and O–H groups in total. The molecule has 1 fully saturated rings. The molecule has 0 aliphatic carbocycles. The Hall–Kier alpha value is -3.39. The minimum absolute atomic E-state index is 0.200. The summed E-state index contributed by atoms with van der Waals surface area (Å²) in [7, 11) is 1.10. The maximum absolute atomic E-state index is 12.9. The molecule has 1 aliphatic heterocycles. The Morgan fingerprint density at radius 3 is 2.69 bits per heavy atom. The lowest BCUT2D eigenvalue weighted by Gasteiger charge is -2.36. The van der Waals surface area contributed by atoms with Crippen molar-refractivity contribution in [1.82, 2.24) is 29.4 Å². The highest BCUT2D eigenvalue weighted by Gasteiger charge is 2.24. The minimum atomic E-state index is -2.72. The molecule has 5 heterocycles. The normalized spacial score (nSPS) is 17.6. The van der Waals surface area contributed by atoms with Crippen molar-refractivity contribution in [2.24, 2.45) is 0 Å². The summed E-state index contributed by atoms with van der Waals surface area (Å²) >= 11 is 0. The van der Waals surface area contributed by atoms with E-state index in [0.717, 1.165) is 46.2 Å². The number of carbonyl (C=O) groups excluding carboxylic acids is 1. The van der Waals surface area contributed by atoms with Gasteiger partial charge in [-0.1, -0.05) is 13.8 Å². The van der Waals surface area contributed by atoms with Crippen molar-refractivity contribution in [3.05, 3.63) is 47.3 Å². The van der Waals surface area contributed by atoms with Crippen LogP contribution in [-0.2, 0) is 4.79 Å². The molecular formula is C27H35N7O. The smallest absolute Gasteiger partial charge is 0.236 e. The molecule has 0 unspecified atom stereocenters. The van der Waals surface area contributed by atoms with Crippen LogP contribution in [0.1, 0.15) is 43.3 Å². The molecular weight excluding hydrogens is 438 g/mol. The first-order chi connectivity index (χ1) is 18.7.